The molecule has 0 aliphatic heterocycles. The largest absolute Gasteiger partial charge is 0.477 e. The van der Waals surface area contributed by atoms with Crippen LogP contribution in [0.4, 0.5) is 11.4 Å². The summed E-state index contributed by atoms with van der Waals surface area (Å²) in [5.41, 5.74) is 2.49. The van der Waals surface area contributed by atoms with E-state index in [1.54, 1.807) is 6.07 Å². The number of anilines is 2. The van der Waals surface area contributed by atoms with Crippen molar-refractivity contribution in [2.24, 2.45) is 0 Å². The van der Waals surface area contributed by atoms with E-state index in [1.807, 2.05) is 54.6 Å². The van der Waals surface area contributed by atoms with E-state index < -0.39 is 5.97 Å². The lowest BCUT2D eigenvalue weighted by Gasteiger charge is -2.32. The van der Waals surface area contributed by atoms with Gasteiger partial charge in [-0.1, -0.05) is 54.6 Å². The van der Waals surface area contributed by atoms with E-state index in [1.165, 1.54) is 6.08 Å². The number of allylic oxidation sites excluding steroid dienone is 2. The third-order valence-corrected chi connectivity index (χ3v) is 4.16. The minimum atomic E-state index is -1.22. The summed E-state index contributed by atoms with van der Waals surface area (Å²) in [6, 6.07) is 19.6. The predicted octanol–water partition coefficient (Wildman–Crippen LogP) is 4.70. The lowest BCUT2D eigenvalue weighted by Crippen LogP contribution is -2.29. The lowest BCUT2D eigenvalue weighted by atomic mass is 10.0. The molecule has 128 valence electrons. The fourth-order valence-corrected chi connectivity index (χ4v) is 2.92. The zero-order valence-corrected chi connectivity index (χ0v) is 14.1. The van der Waals surface area contributed by atoms with Crippen LogP contribution in [0.5, 0.6) is 0 Å². The maximum absolute atomic E-state index is 11.0. The first-order chi connectivity index (χ1) is 12.7. The first-order valence-electron chi connectivity index (χ1n) is 8.32. The molecule has 1 aliphatic rings. The number of nitrogens with zero attached hydrogens (tertiary/aromatic N) is 2. The Kier molecular flexibility index (Phi) is 5.31. The fourth-order valence-electron chi connectivity index (χ4n) is 2.92. The van der Waals surface area contributed by atoms with Crippen molar-refractivity contribution < 1.29 is 9.90 Å². The molecule has 0 saturated heterocycles. The smallest absolute Gasteiger partial charge is 0.346 e. The van der Waals surface area contributed by atoms with Crippen molar-refractivity contribution >= 4 is 23.4 Å². The summed E-state index contributed by atoms with van der Waals surface area (Å²) in [5, 5.41) is 17.9. The Morgan fingerprint density at radius 3 is 2.35 bits per heavy atom. The molecule has 4 heteroatoms. The van der Waals surface area contributed by atoms with E-state index in [-0.39, 0.29) is 11.6 Å². The molecule has 1 unspecified atom stereocenters. The van der Waals surface area contributed by atoms with Crippen molar-refractivity contribution in [1.29, 1.82) is 5.26 Å². The molecule has 0 amide bonds. The van der Waals surface area contributed by atoms with Crippen LogP contribution in [0.25, 0.3) is 6.08 Å². The van der Waals surface area contributed by atoms with Crippen molar-refractivity contribution in [1.82, 2.24) is 0 Å². The van der Waals surface area contributed by atoms with Crippen LogP contribution in [-0.2, 0) is 4.79 Å². The molecular weight excluding hydrogens is 324 g/mol. The van der Waals surface area contributed by atoms with Crippen molar-refractivity contribution in [2.75, 3.05) is 4.90 Å². The number of rotatable bonds is 5. The summed E-state index contributed by atoms with van der Waals surface area (Å²) in [4.78, 5) is 13.2. The molecule has 0 radical (unpaired) electrons. The Morgan fingerprint density at radius 2 is 1.77 bits per heavy atom. The quantitative estimate of drug-likeness (QED) is 0.632. The molecule has 0 aromatic heterocycles. The second kappa shape index (κ2) is 8.00. The van der Waals surface area contributed by atoms with Gasteiger partial charge in [0.1, 0.15) is 11.6 Å². The summed E-state index contributed by atoms with van der Waals surface area (Å²) >= 11 is 0. The van der Waals surface area contributed by atoms with Gasteiger partial charge in [-0.15, -0.1) is 0 Å². The summed E-state index contributed by atoms with van der Waals surface area (Å²) in [5.74, 6) is -1.22. The van der Waals surface area contributed by atoms with Gasteiger partial charge in [-0.05, 0) is 42.3 Å². The van der Waals surface area contributed by atoms with E-state index in [2.05, 4.69) is 29.2 Å². The van der Waals surface area contributed by atoms with Crippen molar-refractivity contribution in [3.05, 3.63) is 90.0 Å². The first kappa shape index (κ1) is 17.2. The van der Waals surface area contributed by atoms with E-state index in [0.29, 0.717) is 5.56 Å². The average molecular weight is 342 g/mol. The number of para-hydroxylation sites is 1. The molecule has 0 spiro atoms. The Balaban J connectivity index is 1.95. The van der Waals surface area contributed by atoms with Gasteiger partial charge in [0.2, 0.25) is 0 Å². The number of carboxylic acid groups (broad SMARTS) is 1. The van der Waals surface area contributed by atoms with Gasteiger partial charge in [-0.25, -0.2) is 4.79 Å². The van der Waals surface area contributed by atoms with Crippen molar-refractivity contribution in [3.8, 4) is 6.07 Å². The molecule has 0 saturated carbocycles. The summed E-state index contributed by atoms with van der Waals surface area (Å²) < 4.78 is 0. The van der Waals surface area contributed by atoms with Gasteiger partial charge in [0.05, 0.1) is 6.04 Å². The van der Waals surface area contributed by atoms with Crippen LogP contribution < -0.4 is 4.90 Å². The van der Waals surface area contributed by atoms with E-state index in [9.17, 15) is 4.79 Å². The molecule has 0 heterocycles. The second-order valence-electron chi connectivity index (χ2n) is 5.89. The minimum absolute atomic E-state index is 0.206. The summed E-state index contributed by atoms with van der Waals surface area (Å²) in [6.07, 6.45) is 10.7. The number of aliphatic carboxylic acids is 1. The molecule has 0 fully saturated rings. The molecule has 2 aromatic rings. The highest BCUT2D eigenvalue weighted by Crippen LogP contribution is 2.31. The Morgan fingerprint density at radius 1 is 1.08 bits per heavy atom. The van der Waals surface area contributed by atoms with Crippen molar-refractivity contribution in [3.63, 3.8) is 0 Å². The van der Waals surface area contributed by atoms with Gasteiger partial charge in [-0.2, -0.15) is 5.26 Å². The zero-order valence-electron chi connectivity index (χ0n) is 14.1. The lowest BCUT2D eigenvalue weighted by molar-refractivity contribution is -0.132. The number of carbonyl (C=O) groups is 1. The third kappa shape index (κ3) is 3.90. The standard InChI is InChI=1S/C22H18N2O2/c23-16-18(22(25)26)15-17-11-13-21(14-12-17)24(19-7-3-1-4-8-19)20-9-5-2-6-10-20/h1-9,11-15,20H,10H2,(H,25,26)/b18-15+. The first-order valence-corrected chi connectivity index (χ1v) is 8.32. The maximum atomic E-state index is 11.0. The number of hydrogen-bond donors (Lipinski definition) is 1. The fraction of sp³-hybridized carbons (Fsp3) is 0.0909. The molecular formula is C22H18N2O2. The normalized spacial score (nSPS) is 16.1. The van der Waals surface area contributed by atoms with Crippen LogP contribution in [0.15, 0.2) is 84.5 Å². The summed E-state index contributed by atoms with van der Waals surface area (Å²) in [7, 11) is 0. The SMILES string of the molecule is N#C/C(=C\c1ccc(N(c2ccccc2)C2C=CC=CC2)cc1)C(=O)O. The van der Waals surface area contributed by atoms with Crippen LogP contribution in [0.3, 0.4) is 0 Å². The predicted molar refractivity (Wildman–Crippen MR) is 103 cm³/mol. The van der Waals surface area contributed by atoms with Gasteiger partial charge >= 0.3 is 5.97 Å². The molecule has 4 nitrogen and oxygen atoms in total. The molecule has 26 heavy (non-hydrogen) atoms. The molecule has 2 aromatic carbocycles. The minimum Gasteiger partial charge on any atom is -0.477 e. The third-order valence-electron chi connectivity index (χ3n) is 4.16. The highest BCUT2D eigenvalue weighted by Gasteiger charge is 2.18. The van der Waals surface area contributed by atoms with Gasteiger partial charge in [0.15, 0.2) is 0 Å². The van der Waals surface area contributed by atoms with Gasteiger partial charge in [0.25, 0.3) is 0 Å². The van der Waals surface area contributed by atoms with E-state index in [0.717, 1.165) is 17.8 Å². The molecule has 1 aliphatic carbocycles. The number of nitriles is 1. The molecule has 0 bridgehead atoms. The Labute approximate surface area is 152 Å². The highest BCUT2D eigenvalue weighted by atomic mass is 16.4. The molecule has 1 N–H and O–H groups in total. The van der Waals surface area contributed by atoms with E-state index in [4.69, 9.17) is 10.4 Å². The topological polar surface area (TPSA) is 64.3 Å². The van der Waals surface area contributed by atoms with Crippen molar-refractivity contribution in [2.45, 2.75) is 12.5 Å². The molecule has 3 rings (SSSR count). The van der Waals surface area contributed by atoms with Gasteiger partial charge in [0, 0.05) is 11.4 Å². The van der Waals surface area contributed by atoms with Crippen LogP contribution in [-0.4, -0.2) is 17.1 Å². The average Bonchev–Trinajstić information content (AvgIpc) is 2.69. The van der Waals surface area contributed by atoms with Gasteiger partial charge < -0.3 is 10.0 Å². The Hall–Kier alpha value is -3.58. The zero-order chi connectivity index (χ0) is 18.4. The van der Waals surface area contributed by atoms with Crippen LogP contribution >= 0.6 is 0 Å². The van der Waals surface area contributed by atoms with Crippen LogP contribution in [0.2, 0.25) is 0 Å². The van der Waals surface area contributed by atoms with E-state index >= 15 is 0 Å². The maximum Gasteiger partial charge on any atom is 0.346 e. The van der Waals surface area contributed by atoms with Crippen LogP contribution in [0.1, 0.15) is 12.0 Å². The summed E-state index contributed by atoms with van der Waals surface area (Å²) in [6.45, 7) is 0. The van der Waals surface area contributed by atoms with Crippen LogP contribution in [0, 0.1) is 11.3 Å². The highest BCUT2D eigenvalue weighted by molar-refractivity contribution is 5.96. The number of hydrogen-bond acceptors (Lipinski definition) is 3. The van der Waals surface area contributed by atoms with Gasteiger partial charge in [-0.3, -0.25) is 0 Å². The number of benzene rings is 2. The monoisotopic (exact) mass is 342 g/mol. The Bertz CT molecular complexity index is 903. The second-order valence-corrected chi connectivity index (χ2v) is 5.89. The molecule has 1 atom stereocenters. The number of carboxylic acids is 1.